The molecule has 0 bridgehead atoms. The molecule has 6 nitrogen and oxygen atoms in total. The highest BCUT2D eigenvalue weighted by atomic mass is 16.2. The molecule has 1 atom stereocenters. The molecule has 1 aliphatic carbocycles. The highest BCUT2D eigenvalue weighted by Gasteiger charge is 2.27. The van der Waals surface area contributed by atoms with Crippen molar-refractivity contribution in [1.82, 2.24) is 20.9 Å². The number of urea groups is 1. The molecule has 1 saturated heterocycles. The summed E-state index contributed by atoms with van der Waals surface area (Å²) in [6.45, 7) is 4.80. The summed E-state index contributed by atoms with van der Waals surface area (Å²) in [5, 5.41) is 9.16. The minimum Gasteiger partial charge on any atom is -0.353 e. The van der Waals surface area contributed by atoms with Gasteiger partial charge in [-0.15, -0.1) is 0 Å². The van der Waals surface area contributed by atoms with Gasteiger partial charge in [-0.05, 0) is 19.3 Å². The maximum absolute atomic E-state index is 11.9. The van der Waals surface area contributed by atoms with Crippen LogP contribution in [0, 0.1) is 0 Å². The van der Waals surface area contributed by atoms with Gasteiger partial charge >= 0.3 is 6.03 Å². The SMILES string of the molecule is CCCNC(=O)N1CCNC(CC(=O)NC2CC2)C1. The number of hydrogen-bond donors (Lipinski definition) is 3. The second-order valence-electron chi connectivity index (χ2n) is 5.37. The zero-order valence-corrected chi connectivity index (χ0v) is 11.6. The van der Waals surface area contributed by atoms with Gasteiger partial charge in [0.1, 0.15) is 0 Å². The van der Waals surface area contributed by atoms with E-state index in [-0.39, 0.29) is 18.0 Å². The van der Waals surface area contributed by atoms with Crippen molar-refractivity contribution in [3.05, 3.63) is 0 Å². The molecule has 1 saturated carbocycles. The average molecular weight is 268 g/mol. The number of carbonyl (C=O) groups is 2. The number of piperazine rings is 1. The lowest BCUT2D eigenvalue weighted by Gasteiger charge is -2.33. The molecule has 0 aromatic rings. The highest BCUT2D eigenvalue weighted by Crippen LogP contribution is 2.18. The average Bonchev–Trinajstić information content (AvgIpc) is 3.20. The van der Waals surface area contributed by atoms with Gasteiger partial charge in [-0.3, -0.25) is 4.79 Å². The predicted molar refractivity (Wildman–Crippen MR) is 72.8 cm³/mol. The van der Waals surface area contributed by atoms with Gasteiger partial charge in [-0.2, -0.15) is 0 Å². The smallest absolute Gasteiger partial charge is 0.317 e. The van der Waals surface area contributed by atoms with Crippen molar-refractivity contribution < 1.29 is 9.59 Å². The van der Waals surface area contributed by atoms with Crippen molar-refractivity contribution in [3.63, 3.8) is 0 Å². The van der Waals surface area contributed by atoms with E-state index < -0.39 is 0 Å². The van der Waals surface area contributed by atoms with Crippen LogP contribution in [0.5, 0.6) is 0 Å². The number of carbonyl (C=O) groups excluding carboxylic acids is 2. The summed E-state index contributed by atoms with van der Waals surface area (Å²) < 4.78 is 0. The van der Waals surface area contributed by atoms with E-state index in [1.54, 1.807) is 4.90 Å². The van der Waals surface area contributed by atoms with Crippen molar-refractivity contribution >= 4 is 11.9 Å². The Labute approximate surface area is 114 Å². The molecule has 1 unspecified atom stereocenters. The third-order valence-corrected chi connectivity index (χ3v) is 3.44. The Morgan fingerprint density at radius 3 is 2.84 bits per heavy atom. The minimum absolute atomic E-state index is 0.0176. The predicted octanol–water partition coefficient (Wildman–Crippen LogP) is 0.0485. The number of amides is 3. The van der Waals surface area contributed by atoms with Gasteiger partial charge in [-0.1, -0.05) is 6.92 Å². The van der Waals surface area contributed by atoms with Crippen LogP contribution < -0.4 is 16.0 Å². The van der Waals surface area contributed by atoms with Crippen molar-refractivity contribution in [3.8, 4) is 0 Å². The van der Waals surface area contributed by atoms with E-state index in [1.165, 1.54) is 0 Å². The van der Waals surface area contributed by atoms with Crippen LogP contribution in [0.3, 0.4) is 0 Å². The molecule has 0 radical (unpaired) electrons. The molecule has 2 fully saturated rings. The topological polar surface area (TPSA) is 73.5 Å². The lowest BCUT2D eigenvalue weighted by Crippen LogP contribution is -2.56. The van der Waals surface area contributed by atoms with Crippen molar-refractivity contribution in [2.24, 2.45) is 0 Å². The van der Waals surface area contributed by atoms with E-state index in [0.717, 1.165) is 25.8 Å². The van der Waals surface area contributed by atoms with Crippen LogP contribution in [0.2, 0.25) is 0 Å². The maximum atomic E-state index is 11.9. The second-order valence-corrected chi connectivity index (χ2v) is 5.37. The van der Waals surface area contributed by atoms with Crippen molar-refractivity contribution in [2.75, 3.05) is 26.2 Å². The molecular formula is C13H24N4O2. The summed E-state index contributed by atoms with van der Waals surface area (Å²) in [4.78, 5) is 25.4. The fourth-order valence-electron chi connectivity index (χ4n) is 2.23. The first-order chi connectivity index (χ1) is 9.19. The van der Waals surface area contributed by atoms with Gasteiger partial charge < -0.3 is 20.9 Å². The summed E-state index contributed by atoms with van der Waals surface area (Å²) in [5.41, 5.74) is 0. The molecule has 19 heavy (non-hydrogen) atoms. The second kappa shape index (κ2) is 6.75. The van der Waals surface area contributed by atoms with Gasteiger partial charge in [0.05, 0.1) is 0 Å². The van der Waals surface area contributed by atoms with Gasteiger partial charge in [0.2, 0.25) is 5.91 Å². The standard InChI is InChI=1S/C13H24N4O2/c1-2-5-15-13(19)17-7-6-14-11(9-17)8-12(18)16-10-3-4-10/h10-11,14H,2-9H2,1H3,(H,15,19)(H,16,18). The minimum atomic E-state index is -0.0176. The van der Waals surface area contributed by atoms with E-state index in [4.69, 9.17) is 0 Å². The van der Waals surface area contributed by atoms with Gasteiger partial charge in [0.15, 0.2) is 0 Å². The summed E-state index contributed by atoms with van der Waals surface area (Å²) in [6, 6.07) is 0.455. The first-order valence-electron chi connectivity index (χ1n) is 7.24. The van der Waals surface area contributed by atoms with Crippen LogP contribution >= 0.6 is 0 Å². The molecule has 3 N–H and O–H groups in total. The van der Waals surface area contributed by atoms with Gasteiger partial charge in [-0.25, -0.2) is 4.79 Å². The van der Waals surface area contributed by atoms with Gasteiger partial charge in [0.25, 0.3) is 0 Å². The molecule has 1 heterocycles. The van der Waals surface area contributed by atoms with Crippen LogP contribution in [0.4, 0.5) is 4.79 Å². The molecule has 0 spiro atoms. The lowest BCUT2D eigenvalue weighted by atomic mass is 10.1. The van der Waals surface area contributed by atoms with E-state index in [1.807, 2.05) is 6.92 Å². The molecule has 0 aromatic carbocycles. The molecule has 108 valence electrons. The molecule has 2 rings (SSSR count). The zero-order valence-electron chi connectivity index (χ0n) is 11.6. The van der Waals surface area contributed by atoms with Crippen LogP contribution in [0.15, 0.2) is 0 Å². The fourth-order valence-corrected chi connectivity index (χ4v) is 2.23. The monoisotopic (exact) mass is 268 g/mol. The Kier molecular flexibility index (Phi) is 5.01. The van der Waals surface area contributed by atoms with E-state index in [9.17, 15) is 9.59 Å². The first kappa shape index (κ1) is 14.1. The molecular weight excluding hydrogens is 244 g/mol. The summed E-state index contributed by atoms with van der Waals surface area (Å²) in [5.74, 6) is 0.0933. The number of nitrogens with one attached hydrogen (secondary N) is 3. The molecule has 1 aliphatic heterocycles. The summed E-state index contributed by atoms with van der Waals surface area (Å²) in [6.07, 6.45) is 3.60. The largest absolute Gasteiger partial charge is 0.353 e. The number of rotatable bonds is 5. The Morgan fingerprint density at radius 2 is 2.16 bits per heavy atom. The Bertz CT molecular complexity index is 331. The summed E-state index contributed by atoms with van der Waals surface area (Å²) >= 11 is 0. The molecule has 3 amide bonds. The number of hydrogen-bond acceptors (Lipinski definition) is 3. The van der Waals surface area contributed by atoms with Crippen molar-refractivity contribution in [1.29, 1.82) is 0 Å². The van der Waals surface area contributed by atoms with Crippen LogP contribution in [-0.4, -0.2) is 55.1 Å². The van der Waals surface area contributed by atoms with Crippen LogP contribution in [-0.2, 0) is 4.79 Å². The van der Waals surface area contributed by atoms with Gasteiger partial charge in [0, 0.05) is 44.7 Å². The maximum Gasteiger partial charge on any atom is 0.317 e. The van der Waals surface area contributed by atoms with E-state index in [0.29, 0.717) is 32.1 Å². The Morgan fingerprint density at radius 1 is 1.37 bits per heavy atom. The van der Waals surface area contributed by atoms with E-state index >= 15 is 0 Å². The molecule has 6 heteroatoms. The van der Waals surface area contributed by atoms with Crippen LogP contribution in [0.25, 0.3) is 0 Å². The zero-order chi connectivity index (χ0) is 13.7. The van der Waals surface area contributed by atoms with E-state index in [2.05, 4.69) is 16.0 Å². The fraction of sp³-hybridized carbons (Fsp3) is 0.846. The highest BCUT2D eigenvalue weighted by molar-refractivity contribution is 5.78. The molecule has 0 aromatic heterocycles. The summed E-state index contributed by atoms with van der Waals surface area (Å²) in [7, 11) is 0. The quantitative estimate of drug-likeness (QED) is 0.659. The Balaban J connectivity index is 1.72. The lowest BCUT2D eigenvalue weighted by molar-refractivity contribution is -0.121. The van der Waals surface area contributed by atoms with Crippen molar-refractivity contribution in [2.45, 2.75) is 44.7 Å². The van der Waals surface area contributed by atoms with Crippen LogP contribution in [0.1, 0.15) is 32.6 Å². The number of nitrogens with zero attached hydrogens (tertiary/aromatic N) is 1. The Hall–Kier alpha value is -1.30. The normalized spacial score (nSPS) is 23.0. The first-order valence-corrected chi connectivity index (χ1v) is 7.24. The third kappa shape index (κ3) is 4.70. The molecule has 2 aliphatic rings. The third-order valence-electron chi connectivity index (χ3n) is 3.44.